The van der Waals surface area contributed by atoms with Crippen LogP contribution in [0.5, 0.6) is 5.75 Å². The van der Waals surface area contributed by atoms with Crippen molar-refractivity contribution in [2.45, 2.75) is 79.1 Å². The summed E-state index contributed by atoms with van der Waals surface area (Å²) in [5.41, 5.74) is -0.225. The first-order chi connectivity index (χ1) is 14.3. The lowest BCUT2D eigenvalue weighted by atomic mass is 10.2. The van der Waals surface area contributed by atoms with Gasteiger partial charge in [0.25, 0.3) is 0 Å². The number of aromatic carboxylic acids is 1. The van der Waals surface area contributed by atoms with Gasteiger partial charge in [0.2, 0.25) is 0 Å². The average Bonchev–Trinajstić information content (AvgIpc) is 2.74. The van der Waals surface area contributed by atoms with Gasteiger partial charge < -0.3 is 14.6 Å². The highest BCUT2D eigenvalue weighted by atomic mass is 35.5. The molecule has 0 N–H and O–H groups in total. The number of rotatable bonds is 14. The molecule has 0 heterocycles. The van der Waals surface area contributed by atoms with Crippen LogP contribution in [0.25, 0.3) is 0 Å². The fraction of sp³-hybridized carbons (Fsp3) is 0.708. The topological polar surface area (TPSA) is 49.4 Å². The lowest BCUT2D eigenvalue weighted by Gasteiger charge is -2.28. The molecule has 0 radical (unpaired) electrons. The fourth-order valence-corrected chi connectivity index (χ4v) is 9.32. The van der Waals surface area contributed by atoms with E-state index < -0.39 is 13.2 Å². The van der Waals surface area contributed by atoms with Crippen molar-refractivity contribution in [3.8, 4) is 5.75 Å². The summed E-state index contributed by atoms with van der Waals surface area (Å²) in [5, 5.41) is 10.8. The molecule has 0 fully saturated rings. The third-order valence-electron chi connectivity index (χ3n) is 5.41. The predicted molar refractivity (Wildman–Crippen MR) is 133 cm³/mol. The molecule has 0 spiro atoms. The van der Waals surface area contributed by atoms with E-state index in [1.165, 1.54) is 70.6 Å². The van der Waals surface area contributed by atoms with Crippen molar-refractivity contribution in [2.24, 2.45) is 0 Å². The lowest BCUT2D eigenvalue weighted by Crippen LogP contribution is -2.23. The molecule has 30 heavy (non-hydrogen) atoms. The Morgan fingerprint density at radius 2 is 1.20 bits per heavy atom. The van der Waals surface area contributed by atoms with Gasteiger partial charge in [0.15, 0.2) is 0 Å². The Kier molecular flexibility index (Phi) is 16.8. The molecule has 0 saturated carbocycles. The SMILES string of the molecule is CCCC[P+](CCCC)(CCCC)CCCC.COc1c(Cl)ccc(Cl)c1C(=O)[O-]. The summed E-state index contributed by atoms with van der Waals surface area (Å²) >= 11 is 11.3. The van der Waals surface area contributed by atoms with Crippen molar-refractivity contribution in [3.05, 3.63) is 27.7 Å². The second-order valence-corrected chi connectivity index (χ2v) is 13.2. The van der Waals surface area contributed by atoms with E-state index in [0.717, 1.165) is 0 Å². The van der Waals surface area contributed by atoms with Gasteiger partial charge >= 0.3 is 0 Å². The Morgan fingerprint density at radius 1 is 0.833 bits per heavy atom. The number of carbonyl (C=O) groups is 1. The smallest absolute Gasteiger partial charge is 0.147 e. The highest BCUT2D eigenvalue weighted by molar-refractivity contribution is 7.75. The highest BCUT2D eigenvalue weighted by Crippen LogP contribution is 2.61. The maximum atomic E-state index is 10.6. The molecular formula is C24H41Cl2O3P. The van der Waals surface area contributed by atoms with Gasteiger partial charge in [0.05, 0.1) is 53.3 Å². The van der Waals surface area contributed by atoms with E-state index in [2.05, 4.69) is 27.7 Å². The molecule has 0 aliphatic carbocycles. The van der Waals surface area contributed by atoms with Crippen LogP contribution in [0.15, 0.2) is 12.1 Å². The van der Waals surface area contributed by atoms with E-state index >= 15 is 0 Å². The maximum absolute atomic E-state index is 10.6. The van der Waals surface area contributed by atoms with Crippen molar-refractivity contribution in [3.63, 3.8) is 0 Å². The summed E-state index contributed by atoms with van der Waals surface area (Å²) in [7, 11) is 0.747. The van der Waals surface area contributed by atoms with E-state index in [1.54, 1.807) is 24.6 Å². The van der Waals surface area contributed by atoms with E-state index in [-0.39, 0.29) is 21.4 Å². The molecule has 0 amide bonds. The summed E-state index contributed by atoms with van der Waals surface area (Å²) in [6, 6.07) is 2.83. The molecule has 0 aliphatic rings. The molecule has 174 valence electrons. The second-order valence-electron chi connectivity index (χ2n) is 7.88. The monoisotopic (exact) mass is 478 g/mol. The molecule has 0 bridgehead atoms. The zero-order valence-corrected chi connectivity index (χ0v) is 22.0. The summed E-state index contributed by atoms with van der Waals surface area (Å²) in [4.78, 5) is 10.6. The Hall–Kier alpha value is -0.500. The number of hydrogen-bond donors (Lipinski definition) is 0. The number of halogens is 2. The number of benzene rings is 1. The molecule has 1 aromatic rings. The van der Waals surface area contributed by atoms with Crippen molar-refractivity contribution in [1.82, 2.24) is 0 Å². The Balaban J connectivity index is 0.000000579. The minimum absolute atomic E-state index is 0.0224. The van der Waals surface area contributed by atoms with Crippen LogP contribution in [0, 0.1) is 0 Å². The Labute approximate surface area is 195 Å². The van der Waals surface area contributed by atoms with Crippen LogP contribution in [0.1, 0.15) is 89.4 Å². The molecular weight excluding hydrogens is 438 g/mol. The fourth-order valence-electron chi connectivity index (χ4n) is 3.57. The first-order valence-corrected chi connectivity index (χ1v) is 14.7. The zero-order chi connectivity index (χ0) is 23.0. The van der Waals surface area contributed by atoms with Crippen LogP contribution in [0.4, 0.5) is 0 Å². The maximum Gasteiger partial charge on any atom is 0.147 e. The van der Waals surface area contributed by atoms with Gasteiger partial charge in [-0.1, -0.05) is 76.6 Å². The van der Waals surface area contributed by atoms with Gasteiger partial charge in [0.1, 0.15) is 5.75 Å². The van der Waals surface area contributed by atoms with E-state index in [1.807, 2.05) is 0 Å². The molecule has 1 rings (SSSR count). The lowest BCUT2D eigenvalue weighted by molar-refractivity contribution is -0.255. The summed E-state index contributed by atoms with van der Waals surface area (Å²) in [6.45, 7) is 9.42. The predicted octanol–water partition coefficient (Wildman–Crippen LogP) is 7.57. The number of ether oxygens (including phenoxy) is 1. The summed E-state index contributed by atoms with van der Waals surface area (Å²) in [6.07, 6.45) is 17.9. The summed E-state index contributed by atoms with van der Waals surface area (Å²) in [5.74, 6) is -1.39. The van der Waals surface area contributed by atoms with Crippen LogP contribution >= 0.6 is 30.5 Å². The molecule has 3 nitrogen and oxygen atoms in total. The molecule has 0 unspecified atom stereocenters. The normalized spacial score (nSPS) is 11.0. The van der Waals surface area contributed by atoms with E-state index in [0.29, 0.717) is 0 Å². The highest BCUT2D eigenvalue weighted by Gasteiger charge is 2.34. The quantitative estimate of drug-likeness (QED) is 0.259. The van der Waals surface area contributed by atoms with Gasteiger partial charge in [-0.25, -0.2) is 0 Å². The molecule has 0 saturated heterocycles. The number of carboxylic acids is 1. The minimum atomic E-state index is -1.41. The third-order valence-corrected chi connectivity index (χ3v) is 11.1. The number of carboxylic acid groups (broad SMARTS) is 1. The van der Waals surface area contributed by atoms with Gasteiger partial charge in [-0.15, -0.1) is 0 Å². The Bertz CT molecular complexity index is 571. The molecule has 0 aromatic heterocycles. The van der Waals surface area contributed by atoms with Crippen LogP contribution in [0.2, 0.25) is 10.0 Å². The first kappa shape index (κ1) is 29.5. The van der Waals surface area contributed by atoms with E-state index in [9.17, 15) is 9.90 Å². The average molecular weight is 479 g/mol. The third kappa shape index (κ3) is 10.7. The van der Waals surface area contributed by atoms with Crippen LogP contribution < -0.4 is 9.84 Å². The number of unbranched alkanes of at least 4 members (excludes halogenated alkanes) is 4. The second kappa shape index (κ2) is 17.1. The zero-order valence-electron chi connectivity index (χ0n) is 19.6. The van der Waals surface area contributed by atoms with Crippen molar-refractivity contribution in [1.29, 1.82) is 0 Å². The number of hydrogen-bond acceptors (Lipinski definition) is 3. The first-order valence-electron chi connectivity index (χ1n) is 11.4. The largest absolute Gasteiger partial charge is 0.545 e. The van der Waals surface area contributed by atoms with Gasteiger partial charge in [-0.2, -0.15) is 0 Å². The molecule has 0 atom stereocenters. The summed E-state index contributed by atoms with van der Waals surface area (Å²) < 4.78 is 4.78. The number of methoxy groups -OCH3 is 1. The standard InChI is InChI=1S/C16H36P.C8H6Cl2O3/c1-5-9-13-17(14-10-6-2,15-11-7-3)16-12-8-4;1-13-7-5(10)3-2-4(9)6(7)8(11)12/h5-16H2,1-4H3;2-3H,1H3,(H,11,12)/q+1;/p-1. The van der Waals surface area contributed by atoms with E-state index in [4.69, 9.17) is 27.9 Å². The van der Waals surface area contributed by atoms with Crippen LogP contribution in [-0.4, -0.2) is 37.7 Å². The molecule has 6 heteroatoms. The molecule has 1 aromatic carbocycles. The van der Waals surface area contributed by atoms with Gasteiger partial charge in [-0.3, -0.25) is 0 Å². The van der Waals surface area contributed by atoms with Crippen molar-refractivity contribution in [2.75, 3.05) is 31.8 Å². The van der Waals surface area contributed by atoms with Gasteiger partial charge in [-0.05, 0) is 37.8 Å². The minimum Gasteiger partial charge on any atom is -0.545 e. The van der Waals surface area contributed by atoms with Crippen molar-refractivity contribution < 1.29 is 14.6 Å². The van der Waals surface area contributed by atoms with Crippen LogP contribution in [-0.2, 0) is 0 Å². The molecule has 0 aliphatic heterocycles. The van der Waals surface area contributed by atoms with Crippen molar-refractivity contribution >= 4 is 36.4 Å². The number of carbonyl (C=O) groups excluding carboxylic acids is 1. The van der Waals surface area contributed by atoms with Crippen LogP contribution in [0.3, 0.4) is 0 Å². The Morgan fingerprint density at radius 3 is 1.47 bits per heavy atom. The van der Waals surface area contributed by atoms with Gasteiger partial charge in [0, 0.05) is 7.26 Å².